The molecule has 27 heavy (non-hydrogen) atoms. The molecule has 0 radical (unpaired) electrons. The van der Waals surface area contributed by atoms with Crippen molar-refractivity contribution in [3.05, 3.63) is 60.2 Å². The van der Waals surface area contributed by atoms with Crippen LogP contribution in [0.5, 0.6) is 0 Å². The van der Waals surface area contributed by atoms with Crippen LogP contribution in [-0.2, 0) is 0 Å². The van der Waals surface area contributed by atoms with E-state index in [9.17, 15) is 19.7 Å². The molecule has 4 rings (SSSR count). The number of fused-ring (bicyclic) bond motifs is 1. The second-order valence-electron chi connectivity index (χ2n) is 7.50. The van der Waals surface area contributed by atoms with Crippen LogP contribution in [0, 0.1) is 11.2 Å². The molecule has 7 heteroatoms. The number of anilines is 1. The number of pyridine rings is 1. The number of halogens is 1. The highest BCUT2D eigenvalue weighted by atomic mass is 19.1. The lowest BCUT2D eigenvalue weighted by atomic mass is 9.77. The zero-order valence-electron chi connectivity index (χ0n) is 14.8. The van der Waals surface area contributed by atoms with E-state index in [0.29, 0.717) is 10.9 Å². The molecule has 0 amide bonds. The Morgan fingerprint density at radius 3 is 2.67 bits per heavy atom. The van der Waals surface area contributed by atoms with Gasteiger partial charge in [-0.3, -0.25) is 0 Å². The molecule has 5 N–H and O–H groups in total. The lowest BCUT2D eigenvalue weighted by Gasteiger charge is -2.34. The number of benzene rings is 1. The van der Waals surface area contributed by atoms with Crippen LogP contribution in [0.2, 0.25) is 0 Å². The van der Waals surface area contributed by atoms with Gasteiger partial charge in [-0.25, -0.2) is 9.37 Å². The molecule has 2 aromatic heterocycles. The number of hydrogen-bond donors (Lipinski definition) is 4. The van der Waals surface area contributed by atoms with Crippen molar-refractivity contribution in [1.29, 1.82) is 0 Å². The average Bonchev–Trinajstić information content (AvgIpc) is 3.22. The number of aliphatic hydroxyl groups is 3. The molecule has 1 fully saturated rings. The van der Waals surface area contributed by atoms with E-state index in [0.717, 1.165) is 6.20 Å². The summed E-state index contributed by atoms with van der Waals surface area (Å²) in [6.45, 7) is 1.73. The number of rotatable bonds is 3. The first-order chi connectivity index (χ1) is 12.8. The van der Waals surface area contributed by atoms with Gasteiger partial charge in [0.2, 0.25) is 0 Å². The summed E-state index contributed by atoms with van der Waals surface area (Å²) in [4.78, 5) is 3.81. The molecule has 0 aliphatic heterocycles. The summed E-state index contributed by atoms with van der Waals surface area (Å²) in [5, 5.41) is 32.9. The monoisotopic (exact) mass is 371 g/mol. The molecule has 1 saturated carbocycles. The number of aliphatic hydroxyl groups excluding tert-OH is 3. The minimum Gasteiger partial charge on any atom is -0.390 e. The normalized spacial score (nSPS) is 29.3. The molecule has 0 unspecified atom stereocenters. The van der Waals surface area contributed by atoms with Crippen molar-refractivity contribution in [2.75, 3.05) is 5.73 Å². The van der Waals surface area contributed by atoms with Gasteiger partial charge in [0.1, 0.15) is 11.9 Å². The molecule has 0 spiro atoms. The maximum Gasteiger partial charge on any atom is 0.165 e. The lowest BCUT2D eigenvalue weighted by Crippen LogP contribution is -2.38. The van der Waals surface area contributed by atoms with Crippen LogP contribution >= 0.6 is 0 Å². The summed E-state index contributed by atoms with van der Waals surface area (Å²) < 4.78 is 16.0. The molecule has 5 atom stereocenters. The number of nitrogen functional groups attached to an aromatic ring is 1. The summed E-state index contributed by atoms with van der Waals surface area (Å²) >= 11 is 0. The maximum absolute atomic E-state index is 14.4. The van der Waals surface area contributed by atoms with Gasteiger partial charge in [-0.1, -0.05) is 37.3 Å². The van der Waals surface area contributed by atoms with Gasteiger partial charge in [-0.2, -0.15) is 0 Å². The van der Waals surface area contributed by atoms with E-state index in [1.54, 1.807) is 35.9 Å². The second kappa shape index (κ2) is 6.30. The quantitative estimate of drug-likeness (QED) is 0.565. The van der Waals surface area contributed by atoms with Crippen molar-refractivity contribution in [2.45, 2.75) is 37.7 Å². The predicted molar refractivity (Wildman–Crippen MR) is 99.3 cm³/mol. The average molecular weight is 371 g/mol. The van der Waals surface area contributed by atoms with Crippen molar-refractivity contribution in [2.24, 2.45) is 5.41 Å². The van der Waals surface area contributed by atoms with E-state index in [2.05, 4.69) is 4.98 Å². The number of hydrogen-bond acceptors (Lipinski definition) is 5. The van der Waals surface area contributed by atoms with Crippen molar-refractivity contribution in [1.82, 2.24) is 9.55 Å². The van der Waals surface area contributed by atoms with Gasteiger partial charge in [0.25, 0.3) is 0 Å². The Hall–Kier alpha value is -2.48. The van der Waals surface area contributed by atoms with Gasteiger partial charge in [0.15, 0.2) is 5.82 Å². The highest BCUT2D eigenvalue weighted by Gasteiger charge is 2.54. The third-order valence-corrected chi connectivity index (χ3v) is 5.87. The van der Waals surface area contributed by atoms with Crippen LogP contribution in [0.25, 0.3) is 10.9 Å². The van der Waals surface area contributed by atoms with E-state index < -0.39 is 35.6 Å². The maximum atomic E-state index is 14.4. The molecule has 6 nitrogen and oxygen atoms in total. The van der Waals surface area contributed by atoms with Gasteiger partial charge >= 0.3 is 0 Å². The molecule has 3 aromatic rings. The molecule has 1 aliphatic carbocycles. The first-order valence-electron chi connectivity index (χ1n) is 8.84. The van der Waals surface area contributed by atoms with Crippen molar-refractivity contribution in [3.63, 3.8) is 0 Å². The van der Waals surface area contributed by atoms with Crippen molar-refractivity contribution >= 4 is 16.7 Å². The Morgan fingerprint density at radius 2 is 1.96 bits per heavy atom. The zero-order chi connectivity index (χ0) is 19.3. The van der Waals surface area contributed by atoms with E-state index in [4.69, 9.17) is 5.73 Å². The van der Waals surface area contributed by atoms with E-state index in [-0.39, 0.29) is 17.8 Å². The van der Waals surface area contributed by atoms with Gasteiger partial charge in [-0.05, 0) is 18.1 Å². The highest BCUT2D eigenvalue weighted by Crippen LogP contribution is 2.52. The highest BCUT2D eigenvalue weighted by molar-refractivity contribution is 5.89. The lowest BCUT2D eigenvalue weighted by molar-refractivity contribution is -0.0764. The van der Waals surface area contributed by atoms with Crippen LogP contribution in [0.4, 0.5) is 10.2 Å². The van der Waals surface area contributed by atoms with Gasteiger partial charge in [-0.15, -0.1) is 0 Å². The van der Waals surface area contributed by atoms with Crippen molar-refractivity contribution in [3.8, 4) is 0 Å². The fourth-order valence-corrected chi connectivity index (χ4v) is 4.28. The largest absolute Gasteiger partial charge is 0.390 e. The van der Waals surface area contributed by atoms with E-state index in [1.807, 2.05) is 18.2 Å². The number of nitrogens with zero attached hydrogens (tertiary/aromatic N) is 2. The summed E-state index contributed by atoms with van der Waals surface area (Å²) in [6, 6.07) is 10.0. The predicted octanol–water partition coefficient (Wildman–Crippen LogP) is 2.16. The topological polar surface area (TPSA) is 105 Å². The van der Waals surface area contributed by atoms with E-state index >= 15 is 0 Å². The number of aromatic nitrogens is 2. The smallest absolute Gasteiger partial charge is 0.165 e. The van der Waals surface area contributed by atoms with Crippen LogP contribution in [-0.4, -0.2) is 37.1 Å². The molecular weight excluding hydrogens is 349 g/mol. The Labute approximate surface area is 155 Å². The summed E-state index contributed by atoms with van der Waals surface area (Å²) in [7, 11) is 0. The Balaban J connectivity index is 1.76. The zero-order valence-corrected chi connectivity index (χ0v) is 14.8. The van der Waals surface area contributed by atoms with Crippen LogP contribution < -0.4 is 5.73 Å². The van der Waals surface area contributed by atoms with Crippen LogP contribution in [0.1, 0.15) is 31.1 Å². The molecule has 1 aliphatic rings. The number of nitrogens with two attached hydrogens (primary N) is 1. The molecule has 142 valence electrons. The third-order valence-electron chi connectivity index (χ3n) is 5.87. The van der Waals surface area contributed by atoms with Crippen LogP contribution in [0.15, 0.2) is 48.8 Å². The molecule has 2 heterocycles. The summed E-state index contributed by atoms with van der Waals surface area (Å²) in [5.74, 6) is -0.353. The first-order valence-corrected chi connectivity index (χ1v) is 8.84. The fraction of sp³-hybridized carbons (Fsp3) is 0.350. The van der Waals surface area contributed by atoms with Crippen LogP contribution in [0.3, 0.4) is 0 Å². The fourth-order valence-electron chi connectivity index (χ4n) is 4.28. The minimum absolute atomic E-state index is 0.199. The van der Waals surface area contributed by atoms with Gasteiger partial charge < -0.3 is 25.6 Å². The molecule has 0 saturated heterocycles. The molecular formula is C20H22FN3O3. The van der Waals surface area contributed by atoms with Crippen molar-refractivity contribution < 1.29 is 19.7 Å². The van der Waals surface area contributed by atoms with E-state index in [1.165, 1.54) is 0 Å². The van der Waals surface area contributed by atoms with Gasteiger partial charge in [0.05, 0.1) is 30.0 Å². The molecule has 1 aromatic carbocycles. The third kappa shape index (κ3) is 2.62. The minimum atomic E-state index is -1.18. The summed E-state index contributed by atoms with van der Waals surface area (Å²) in [6.07, 6.45) is -0.393. The second-order valence-corrected chi connectivity index (χ2v) is 7.50. The Morgan fingerprint density at radius 1 is 1.26 bits per heavy atom. The Bertz CT molecular complexity index is 977. The summed E-state index contributed by atoms with van der Waals surface area (Å²) in [5.41, 5.74) is 5.72. The van der Waals surface area contributed by atoms with Gasteiger partial charge in [0, 0.05) is 17.0 Å². The molecule has 0 bridgehead atoms. The Kier molecular flexibility index (Phi) is 4.18. The SMILES string of the molecule is C[C@]1([C@H](O)c2ccccc2)C[C@@H](n2ccc3c(N)ncc(F)c32)[C@H](O)[C@@H]1O. The standard InChI is InChI=1S/C20H22FN3O3/c1-20(17(26)11-5-3-2-4-6-11)9-14(16(25)18(20)27)24-8-7-12-15(24)13(21)10-23-19(12)22/h2-8,10,14,16-18,25-27H,9H2,1H3,(H2,22,23)/t14-,16+,17-,18+,20-/m1/s1. The first kappa shape index (κ1) is 17.9.